The zero-order valence-electron chi connectivity index (χ0n) is 16.2. The van der Waals surface area contributed by atoms with E-state index >= 15 is 0 Å². The Morgan fingerprint density at radius 3 is 2.52 bits per heavy atom. The van der Waals surface area contributed by atoms with Crippen LogP contribution >= 0.6 is 11.6 Å². The van der Waals surface area contributed by atoms with Crippen LogP contribution in [-0.2, 0) is 21.3 Å². The van der Waals surface area contributed by atoms with E-state index in [1.165, 1.54) is 4.31 Å². The summed E-state index contributed by atoms with van der Waals surface area (Å²) in [4.78, 5) is 6.38. The Hall–Kier alpha value is -1.35. The summed E-state index contributed by atoms with van der Waals surface area (Å²) < 4.78 is 31.8. The van der Waals surface area contributed by atoms with E-state index in [-0.39, 0.29) is 18.5 Å². The number of nitrogens with zero attached hydrogens (tertiary/aromatic N) is 3. The molecule has 1 heterocycles. The summed E-state index contributed by atoms with van der Waals surface area (Å²) in [6.07, 6.45) is 0.0320. The van der Waals surface area contributed by atoms with Gasteiger partial charge in [0.1, 0.15) is 0 Å². The molecule has 1 aromatic carbocycles. The van der Waals surface area contributed by atoms with Gasteiger partial charge < -0.3 is 15.0 Å². The number of piperazine rings is 1. The van der Waals surface area contributed by atoms with Crippen molar-refractivity contribution in [1.29, 1.82) is 0 Å². The first-order valence-electron chi connectivity index (χ1n) is 9.12. The SMILES string of the molecule is CN=C(NCc1ccccc1Cl)N1CCN(S(=O)(=O)CCOC(C)C)CC1. The van der Waals surface area contributed by atoms with E-state index in [2.05, 4.69) is 15.2 Å². The van der Waals surface area contributed by atoms with E-state index < -0.39 is 10.0 Å². The third-order valence-electron chi connectivity index (χ3n) is 4.33. The Bertz CT molecular complexity index is 732. The summed E-state index contributed by atoms with van der Waals surface area (Å²) in [5.41, 5.74) is 0.992. The maximum Gasteiger partial charge on any atom is 0.216 e. The molecule has 1 aliphatic rings. The second-order valence-electron chi connectivity index (χ2n) is 6.61. The van der Waals surface area contributed by atoms with Gasteiger partial charge in [0.25, 0.3) is 0 Å². The van der Waals surface area contributed by atoms with E-state index in [0.29, 0.717) is 37.7 Å². The summed E-state index contributed by atoms with van der Waals surface area (Å²) in [5.74, 6) is 0.764. The lowest BCUT2D eigenvalue weighted by molar-refractivity contribution is 0.0904. The maximum absolute atomic E-state index is 12.4. The third-order valence-corrected chi connectivity index (χ3v) is 6.53. The molecular formula is C18H29ClN4O3S. The highest BCUT2D eigenvalue weighted by Crippen LogP contribution is 2.15. The number of nitrogens with one attached hydrogen (secondary N) is 1. The fraction of sp³-hybridized carbons (Fsp3) is 0.611. The average molecular weight is 417 g/mol. The van der Waals surface area contributed by atoms with Crippen molar-refractivity contribution in [2.75, 3.05) is 45.6 Å². The van der Waals surface area contributed by atoms with Crippen LogP contribution in [0, 0.1) is 0 Å². The van der Waals surface area contributed by atoms with Crippen molar-refractivity contribution in [2.24, 2.45) is 4.99 Å². The van der Waals surface area contributed by atoms with Gasteiger partial charge in [0, 0.05) is 44.8 Å². The number of ether oxygens (including phenoxy) is 1. The Kier molecular flexibility index (Phi) is 8.34. The molecule has 0 aliphatic carbocycles. The quantitative estimate of drug-likeness (QED) is 0.541. The first-order valence-corrected chi connectivity index (χ1v) is 11.1. The molecule has 0 saturated carbocycles. The lowest BCUT2D eigenvalue weighted by Crippen LogP contribution is -2.54. The molecule has 1 saturated heterocycles. The maximum atomic E-state index is 12.4. The van der Waals surface area contributed by atoms with Gasteiger partial charge in [-0.15, -0.1) is 0 Å². The number of aliphatic imine (C=N–C) groups is 1. The molecule has 0 atom stereocenters. The second-order valence-corrected chi connectivity index (χ2v) is 9.11. The number of hydrogen-bond acceptors (Lipinski definition) is 4. The highest BCUT2D eigenvalue weighted by atomic mass is 35.5. The molecule has 1 aromatic rings. The summed E-state index contributed by atoms with van der Waals surface area (Å²) >= 11 is 6.19. The van der Waals surface area contributed by atoms with Gasteiger partial charge >= 0.3 is 0 Å². The predicted octanol–water partition coefficient (Wildman–Crippen LogP) is 1.79. The smallest absolute Gasteiger partial charge is 0.216 e. The second kappa shape index (κ2) is 10.3. The van der Waals surface area contributed by atoms with E-state index in [4.69, 9.17) is 16.3 Å². The summed E-state index contributed by atoms with van der Waals surface area (Å²) in [7, 11) is -1.57. The van der Waals surface area contributed by atoms with Gasteiger partial charge in [0.2, 0.25) is 10.0 Å². The molecule has 0 aromatic heterocycles. The number of halogens is 1. The van der Waals surface area contributed by atoms with Gasteiger partial charge in [-0.3, -0.25) is 4.99 Å². The molecule has 0 spiro atoms. The molecule has 0 radical (unpaired) electrons. The first-order chi connectivity index (χ1) is 12.8. The minimum Gasteiger partial charge on any atom is -0.378 e. The van der Waals surface area contributed by atoms with Crippen LogP contribution < -0.4 is 5.32 Å². The molecule has 1 aliphatic heterocycles. The highest BCUT2D eigenvalue weighted by molar-refractivity contribution is 7.89. The molecule has 0 amide bonds. The number of guanidine groups is 1. The molecule has 152 valence electrons. The van der Waals surface area contributed by atoms with Crippen molar-refractivity contribution < 1.29 is 13.2 Å². The normalized spacial score (nSPS) is 16.8. The zero-order valence-corrected chi connectivity index (χ0v) is 17.8. The first kappa shape index (κ1) is 21.9. The Morgan fingerprint density at radius 1 is 1.26 bits per heavy atom. The summed E-state index contributed by atoms with van der Waals surface area (Å²) in [5, 5.41) is 4.01. The third kappa shape index (κ3) is 6.64. The molecule has 2 rings (SSSR count). The number of rotatable bonds is 7. The molecule has 1 N–H and O–H groups in total. The highest BCUT2D eigenvalue weighted by Gasteiger charge is 2.28. The van der Waals surface area contributed by atoms with Crippen LogP contribution in [0.15, 0.2) is 29.3 Å². The van der Waals surface area contributed by atoms with Crippen molar-refractivity contribution in [3.63, 3.8) is 0 Å². The minimum atomic E-state index is -3.29. The fourth-order valence-electron chi connectivity index (χ4n) is 2.84. The lowest BCUT2D eigenvalue weighted by Gasteiger charge is -2.35. The zero-order chi connectivity index (χ0) is 19.9. The largest absolute Gasteiger partial charge is 0.378 e. The number of sulfonamides is 1. The Morgan fingerprint density at radius 2 is 1.93 bits per heavy atom. The summed E-state index contributed by atoms with van der Waals surface area (Å²) in [6.45, 7) is 6.64. The molecule has 1 fully saturated rings. The van der Waals surface area contributed by atoms with Crippen molar-refractivity contribution in [1.82, 2.24) is 14.5 Å². The van der Waals surface area contributed by atoms with Crippen LogP contribution in [0.5, 0.6) is 0 Å². The monoisotopic (exact) mass is 416 g/mol. The van der Waals surface area contributed by atoms with E-state index in [9.17, 15) is 8.42 Å². The fourth-order valence-corrected chi connectivity index (χ4v) is 4.33. The van der Waals surface area contributed by atoms with Crippen LogP contribution in [0.25, 0.3) is 0 Å². The number of hydrogen-bond donors (Lipinski definition) is 1. The average Bonchev–Trinajstić information content (AvgIpc) is 2.63. The molecular weight excluding hydrogens is 388 g/mol. The van der Waals surface area contributed by atoms with Crippen LogP contribution in [0.2, 0.25) is 5.02 Å². The standard InChI is InChI=1S/C18H29ClN4O3S/c1-15(2)26-12-13-27(24,25)23-10-8-22(9-11-23)18(20-3)21-14-16-6-4-5-7-17(16)19/h4-7,15H,8-14H2,1-3H3,(H,20,21). The Labute approximate surface area is 167 Å². The van der Waals surface area contributed by atoms with Crippen LogP contribution in [0.1, 0.15) is 19.4 Å². The Balaban J connectivity index is 1.85. The predicted molar refractivity (Wildman–Crippen MR) is 110 cm³/mol. The van der Waals surface area contributed by atoms with Crippen LogP contribution in [0.4, 0.5) is 0 Å². The van der Waals surface area contributed by atoms with E-state index in [1.807, 2.05) is 38.1 Å². The van der Waals surface area contributed by atoms with Gasteiger partial charge in [-0.05, 0) is 25.5 Å². The lowest BCUT2D eigenvalue weighted by atomic mass is 10.2. The van der Waals surface area contributed by atoms with Gasteiger partial charge in [0.15, 0.2) is 5.96 Å². The molecule has 0 bridgehead atoms. The molecule has 7 nitrogen and oxygen atoms in total. The number of benzene rings is 1. The molecule has 0 unspecified atom stereocenters. The van der Waals surface area contributed by atoms with Crippen molar-refractivity contribution in [3.8, 4) is 0 Å². The van der Waals surface area contributed by atoms with Crippen molar-refractivity contribution in [3.05, 3.63) is 34.9 Å². The topological polar surface area (TPSA) is 74.2 Å². The van der Waals surface area contributed by atoms with Crippen molar-refractivity contribution in [2.45, 2.75) is 26.5 Å². The minimum absolute atomic E-state index is 0.0185. The van der Waals surface area contributed by atoms with Gasteiger partial charge in [-0.1, -0.05) is 29.8 Å². The van der Waals surface area contributed by atoms with Gasteiger partial charge in [-0.2, -0.15) is 4.31 Å². The van der Waals surface area contributed by atoms with E-state index in [1.54, 1.807) is 7.05 Å². The van der Waals surface area contributed by atoms with Crippen molar-refractivity contribution >= 4 is 27.6 Å². The van der Waals surface area contributed by atoms with Gasteiger partial charge in [-0.25, -0.2) is 8.42 Å². The summed E-state index contributed by atoms with van der Waals surface area (Å²) in [6, 6.07) is 7.66. The van der Waals surface area contributed by atoms with E-state index in [0.717, 1.165) is 11.5 Å². The van der Waals surface area contributed by atoms with Crippen LogP contribution in [0.3, 0.4) is 0 Å². The molecule has 27 heavy (non-hydrogen) atoms. The molecule has 9 heteroatoms. The van der Waals surface area contributed by atoms with Gasteiger partial charge in [0.05, 0.1) is 18.5 Å². The van der Waals surface area contributed by atoms with Crippen LogP contribution in [-0.4, -0.2) is 75.3 Å².